The molecule has 3 aromatic rings. The number of ether oxygens (including phenoxy) is 1. The van der Waals surface area contributed by atoms with Crippen molar-refractivity contribution in [2.75, 3.05) is 13.1 Å². The van der Waals surface area contributed by atoms with Crippen molar-refractivity contribution in [3.8, 4) is 5.75 Å². The summed E-state index contributed by atoms with van der Waals surface area (Å²) >= 11 is 0. The first kappa shape index (κ1) is 21.6. The van der Waals surface area contributed by atoms with Gasteiger partial charge in [0, 0.05) is 12.2 Å². The fourth-order valence-electron chi connectivity index (χ4n) is 3.40. The van der Waals surface area contributed by atoms with Crippen LogP contribution in [0.1, 0.15) is 36.1 Å². The van der Waals surface area contributed by atoms with Gasteiger partial charge in [0.1, 0.15) is 18.2 Å². The third-order valence-electron chi connectivity index (χ3n) is 5.21. The number of halogens is 1. The van der Waals surface area contributed by atoms with Gasteiger partial charge in [0.05, 0.1) is 6.04 Å². The van der Waals surface area contributed by atoms with E-state index in [0.29, 0.717) is 13.2 Å². The zero-order chi connectivity index (χ0) is 21.3. The maximum Gasteiger partial charge on any atom is 0.123 e. The molecule has 0 bridgehead atoms. The number of nitrogens with zero attached hydrogens (tertiary/aromatic N) is 1. The average Bonchev–Trinajstić information content (AvgIpc) is 2.79. The second kappa shape index (κ2) is 10.6. The van der Waals surface area contributed by atoms with E-state index in [-0.39, 0.29) is 11.9 Å². The van der Waals surface area contributed by atoms with Crippen LogP contribution in [0.4, 0.5) is 4.39 Å². The molecular formula is C26H29FN2O. The maximum absolute atomic E-state index is 13.3. The highest BCUT2D eigenvalue weighted by atomic mass is 19.1. The summed E-state index contributed by atoms with van der Waals surface area (Å²) in [6.07, 6.45) is 0.850. The van der Waals surface area contributed by atoms with Crippen LogP contribution in [0.25, 0.3) is 5.70 Å². The summed E-state index contributed by atoms with van der Waals surface area (Å²) in [6.45, 7) is 8.35. The van der Waals surface area contributed by atoms with Crippen molar-refractivity contribution in [2.45, 2.75) is 26.0 Å². The Morgan fingerprint density at radius 2 is 1.67 bits per heavy atom. The van der Waals surface area contributed by atoms with Crippen LogP contribution in [0.5, 0.6) is 5.75 Å². The normalized spacial score (nSPS) is 11.7. The summed E-state index contributed by atoms with van der Waals surface area (Å²) in [6, 6.07) is 24.8. The zero-order valence-electron chi connectivity index (χ0n) is 17.4. The summed E-state index contributed by atoms with van der Waals surface area (Å²) in [5.74, 6) is 0.583. The lowest BCUT2D eigenvalue weighted by molar-refractivity contribution is 0.305. The van der Waals surface area contributed by atoms with E-state index in [9.17, 15) is 4.39 Å². The summed E-state index contributed by atoms with van der Waals surface area (Å²) in [4.78, 5) is 2.22. The summed E-state index contributed by atoms with van der Waals surface area (Å²) in [7, 11) is 0. The van der Waals surface area contributed by atoms with Gasteiger partial charge in [-0.15, -0.1) is 0 Å². The van der Waals surface area contributed by atoms with Crippen LogP contribution < -0.4 is 10.5 Å². The van der Waals surface area contributed by atoms with Crippen molar-refractivity contribution in [1.82, 2.24) is 4.90 Å². The first-order valence-electron chi connectivity index (χ1n) is 10.3. The molecule has 2 N–H and O–H groups in total. The highest BCUT2D eigenvalue weighted by Crippen LogP contribution is 2.30. The SMILES string of the molecule is C=C(c1ccc(OCc2ccccc2)cc1)N(CCCN)C(C)c1ccc(F)cc1. The van der Waals surface area contributed by atoms with Crippen LogP contribution in [0.3, 0.4) is 0 Å². The van der Waals surface area contributed by atoms with E-state index in [4.69, 9.17) is 10.5 Å². The predicted octanol–water partition coefficient (Wildman–Crippen LogP) is 5.79. The molecule has 1 atom stereocenters. The third kappa shape index (κ3) is 5.71. The van der Waals surface area contributed by atoms with E-state index in [1.807, 2.05) is 66.7 Å². The Hall–Kier alpha value is -3.11. The average molecular weight is 405 g/mol. The maximum atomic E-state index is 13.3. The molecule has 0 spiro atoms. The molecular weight excluding hydrogens is 375 g/mol. The minimum absolute atomic E-state index is 0.0543. The van der Waals surface area contributed by atoms with Gasteiger partial charge < -0.3 is 15.4 Å². The van der Waals surface area contributed by atoms with Gasteiger partial charge in [0.15, 0.2) is 0 Å². The van der Waals surface area contributed by atoms with Gasteiger partial charge in [-0.05, 0) is 73.0 Å². The molecule has 0 aliphatic rings. The van der Waals surface area contributed by atoms with Crippen LogP contribution in [-0.2, 0) is 6.61 Å². The third-order valence-corrected chi connectivity index (χ3v) is 5.21. The molecule has 0 aliphatic carbocycles. The van der Waals surface area contributed by atoms with Crippen molar-refractivity contribution in [1.29, 1.82) is 0 Å². The lowest BCUT2D eigenvalue weighted by Crippen LogP contribution is -2.27. The van der Waals surface area contributed by atoms with Crippen LogP contribution in [0.2, 0.25) is 0 Å². The van der Waals surface area contributed by atoms with Crippen molar-refractivity contribution < 1.29 is 9.13 Å². The molecule has 156 valence electrons. The van der Waals surface area contributed by atoms with Crippen molar-refractivity contribution in [3.05, 3.63) is 108 Å². The molecule has 4 heteroatoms. The van der Waals surface area contributed by atoms with E-state index in [1.54, 1.807) is 0 Å². The summed E-state index contributed by atoms with van der Waals surface area (Å²) in [5.41, 5.74) is 9.86. The summed E-state index contributed by atoms with van der Waals surface area (Å²) in [5, 5.41) is 0. The molecule has 30 heavy (non-hydrogen) atoms. The molecule has 0 heterocycles. The van der Waals surface area contributed by atoms with Gasteiger partial charge in [-0.3, -0.25) is 0 Å². The topological polar surface area (TPSA) is 38.5 Å². The van der Waals surface area contributed by atoms with E-state index >= 15 is 0 Å². The van der Waals surface area contributed by atoms with Crippen molar-refractivity contribution in [3.63, 3.8) is 0 Å². The largest absolute Gasteiger partial charge is 0.489 e. The Labute approximate surface area is 178 Å². The molecule has 3 aromatic carbocycles. The molecule has 0 aliphatic heterocycles. The standard InChI is InChI=1S/C26H29FN2O/c1-20(23-9-13-25(27)14-10-23)29(18-6-17-28)21(2)24-11-15-26(16-12-24)30-19-22-7-4-3-5-8-22/h3-5,7-16,20H,2,6,17-19,28H2,1H3. The summed E-state index contributed by atoms with van der Waals surface area (Å²) < 4.78 is 19.2. The smallest absolute Gasteiger partial charge is 0.123 e. The molecule has 0 radical (unpaired) electrons. The highest BCUT2D eigenvalue weighted by molar-refractivity contribution is 5.63. The van der Waals surface area contributed by atoms with Crippen LogP contribution in [0.15, 0.2) is 85.4 Å². The molecule has 3 rings (SSSR count). The first-order chi connectivity index (χ1) is 14.6. The van der Waals surface area contributed by atoms with E-state index in [2.05, 4.69) is 18.4 Å². The van der Waals surface area contributed by atoms with Crippen LogP contribution >= 0.6 is 0 Å². The molecule has 1 unspecified atom stereocenters. The Bertz CT molecular complexity index is 924. The van der Waals surface area contributed by atoms with E-state index < -0.39 is 0 Å². The molecule has 0 saturated carbocycles. The van der Waals surface area contributed by atoms with Crippen molar-refractivity contribution in [2.24, 2.45) is 5.73 Å². The Balaban J connectivity index is 1.71. The molecule has 0 fully saturated rings. The molecule has 0 aromatic heterocycles. The van der Waals surface area contributed by atoms with Gasteiger partial charge in [0.2, 0.25) is 0 Å². The lowest BCUT2D eigenvalue weighted by atomic mass is 10.0. The predicted molar refractivity (Wildman–Crippen MR) is 121 cm³/mol. The molecule has 0 saturated heterocycles. The van der Waals surface area contributed by atoms with Crippen LogP contribution in [0, 0.1) is 5.82 Å². The fraction of sp³-hybridized carbons (Fsp3) is 0.231. The Morgan fingerprint density at radius 1 is 1.00 bits per heavy atom. The second-order valence-electron chi connectivity index (χ2n) is 7.31. The highest BCUT2D eigenvalue weighted by Gasteiger charge is 2.18. The number of benzene rings is 3. The van der Waals surface area contributed by atoms with Gasteiger partial charge in [-0.25, -0.2) is 4.39 Å². The minimum atomic E-state index is -0.232. The van der Waals surface area contributed by atoms with Gasteiger partial charge in [-0.2, -0.15) is 0 Å². The monoisotopic (exact) mass is 404 g/mol. The molecule has 3 nitrogen and oxygen atoms in total. The van der Waals surface area contributed by atoms with E-state index in [1.165, 1.54) is 12.1 Å². The first-order valence-corrected chi connectivity index (χ1v) is 10.3. The number of rotatable bonds is 10. The quantitative estimate of drug-likeness (QED) is 0.465. The molecule has 0 amide bonds. The lowest BCUT2D eigenvalue weighted by Gasteiger charge is -2.33. The van der Waals surface area contributed by atoms with Gasteiger partial charge in [-0.1, -0.05) is 49.0 Å². The van der Waals surface area contributed by atoms with Crippen LogP contribution in [-0.4, -0.2) is 18.0 Å². The van der Waals surface area contributed by atoms with Gasteiger partial charge >= 0.3 is 0 Å². The number of hydrogen-bond acceptors (Lipinski definition) is 3. The Morgan fingerprint density at radius 3 is 2.30 bits per heavy atom. The van der Waals surface area contributed by atoms with E-state index in [0.717, 1.165) is 41.1 Å². The van der Waals surface area contributed by atoms with Gasteiger partial charge in [0.25, 0.3) is 0 Å². The zero-order valence-corrected chi connectivity index (χ0v) is 17.4. The fourth-order valence-corrected chi connectivity index (χ4v) is 3.40. The minimum Gasteiger partial charge on any atom is -0.489 e. The number of hydrogen-bond donors (Lipinski definition) is 1. The number of nitrogens with two attached hydrogens (primary N) is 1. The second-order valence-corrected chi connectivity index (χ2v) is 7.31. The van der Waals surface area contributed by atoms with Crippen molar-refractivity contribution >= 4 is 5.70 Å². The Kier molecular flexibility index (Phi) is 7.63.